The van der Waals surface area contributed by atoms with E-state index in [1.54, 1.807) is 11.3 Å². The zero-order valence-electron chi connectivity index (χ0n) is 13.2. The van der Waals surface area contributed by atoms with Gasteiger partial charge in [0.25, 0.3) is 5.82 Å². The van der Waals surface area contributed by atoms with Crippen LogP contribution in [0.1, 0.15) is 10.6 Å². The minimum absolute atomic E-state index is 1.10. The monoisotopic (exact) mass is 308 g/mol. The summed E-state index contributed by atoms with van der Waals surface area (Å²) in [6, 6.07) is 13.0. The van der Waals surface area contributed by atoms with Gasteiger partial charge in [-0.05, 0) is 43.7 Å². The van der Waals surface area contributed by atoms with Crippen LogP contribution in [0.5, 0.6) is 0 Å². The van der Waals surface area contributed by atoms with Gasteiger partial charge in [-0.15, -0.1) is 11.3 Å². The number of hydrogen-bond acceptors (Lipinski definition) is 2. The Kier molecular flexibility index (Phi) is 2.84. The molecule has 2 aromatic heterocycles. The Morgan fingerprint density at radius 1 is 1.14 bits per heavy atom. The molecule has 4 rings (SSSR count). The second-order valence-electron chi connectivity index (χ2n) is 5.80. The highest BCUT2D eigenvalue weighted by Gasteiger charge is 2.23. The molecule has 0 saturated heterocycles. The average molecular weight is 308 g/mol. The Bertz CT molecular complexity index is 985. The summed E-state index contributed by atoms with van der Waals surface area (Å²) in [4.78, 5) is 4.60. The molecule has 3 nitrogen and oxygen atoms in total. The highest BCUT2D eigenvalue weighted by Crippen LogP contribution is 2.31. The van der Waals surface area contributed by atoms with E-state index in [1.807, 2.05) is 0 Å². The molecule has 0 fully saturated rings. The lowest BCUT2D eigenvalue weighted by Gasteiger charge is -2.03. The van der Waals surface area contributed by atoms with Gasteiger partial charge in [0.05, 0.1) is 34.9 Å². The van der Waals surface area contributed by atoms with Crippen LogP contribution in [-0.2, 0) is 14.1 Å². The van der Waals surface area contributed by atoms with Crippen molar-refractivity contribution in [1.29, 1.82) is 0 Å². The summed E-state index contributed by atoms with van der Waals surface area (Å²) in [5.41, 5.74) is 6.14. The molecular weight excluding hydrogens is 290 g/mol. The van der Waals surface area contributed by atoms with E-state index < -0.39 is 0 Å². The van der Waals surface area contributed by atoms with E-state index in [9.17, 15) is 0 Å². The van der Waals surface area contributed by atoms with Crippen molar-refractivity contribution in [1.82, 2.24) is 9.55 Å². The Labute approximate surface area is 133 Å². The standard InChI is InChI=1S/C18H18N3S/c1-11-9-14-17(22-12(2)19-14)10-13(11)18-20(3)15-7-5-6-8-16(15)21(18)4/h5-10H,1-4H3/q+1. The SMILES string of the molecule is Cc1nc2cc(C)c(-c3n(C)c4ccccc4[n+]3C)cc2s1. The molecule has 0 aliphatic carbocycles. The number of hydrogen-bond donors (Lipinski definition) is 0. The van der Waals surface area contributed by atoms with Crippen molar-refractivity contribution >= 4 is 32.6 Å². The number of fused-ring (bicyclic) bond motifs is 2. The van der Waals surface area contributed by atoms with E-state index in [1.165, 1.54) is 32.7 Å². The first-order valence-corrected chi connectivity index (χ1v) is 8.19. The van der Waals surface area contributed by atoms with E-state index >= 15 is 0 Å². The molecule has 0 aliphatic heterocycles. The van der Waals surface area contributed by atoms with Crippen molar-refractivity contribution in [2.75, 3.05) is 0 Å². The summed E-state index contributed by atoms with van der Waals surface area (Å²) in [5, 5.41) is 1.12. The molecule has 2 heterocycles. The number of para-hydroxylation sites is 2. The van der Waals surface area contributed by atoms with Crippen LogP contribution in [0, 0.1) is 13.8 Å². The van der Waals surface area contributed by atoms with Crippen molar-refractivity contribution in [2.45, 2.75) is 13.8 Å². The summed E-state index contributed by atoms with van der Waals surface area (Å²) in [6.07, 6.45) is 0. The number of thiazole rings is 1. The Balaban J connectivity index is 2.08. The van der Waals surface area contributed by atoms with Crippen molar-refractivity contribution in [3.05, 3.63) is 47.0 Å². The molecule has 0 spiro atoms. The molecule has 0 saturated carbocycles. The van der Waals surface area contributed by atoms with Crippen molar-refractivity contribution < 1.29 is 4.57 Å². The van der Waals surface area contributed by atoms with Crippen LogP contribution in [0.3, 0.4) is 0 Å². The summed E-state index contributed by atoms with van der Waals surface area (Å²) < 4.78 is 5.80. The Morgan fingerprint density at radius 3 is 2.68 bits per heavy atom. The Hall–Kier alpha value is -2.20. The first-order valence-electron chi connectivity index (χ1n) is 7.38. The van der Waals surface area contributed by atoms with E-state index in [4.69, 9.17) is 0 Å². The minimum Gasteiger partial charge on any atom is -0.242 e. The molecule has 22 heavy (non-hydrogen) atoms. The number of nitrogens with zero attached hydrogens (tertiary/aromatic N) is 3. The third-order valence-corrected chi connectivity index (χ3v) is 5.26. The van der Waals surface area contributed by atoms with Crippen molar-refractivity contribution in [2.24, 2.45) is 14.1 Å². The van der Waals surface area contributed by atoms with Gasteiger partial charge in [0.1, 0.15) is 0 Å². The van der Waals surface area contributed by atoms with Gasteiger partial charge in [-0.3, -0.25) is 0 Å². The van der Waals surface area contributed by atoms with Gasteiger partial charge in [0.15, 0.2) is 11.0 Å². The lowest BCUT2D eigenvalue weighted by Crippen LogP contribution is -2.30. The topological polar surface area (TPSA) is 21.7 Å². The number of imidazole rings is 1. The quantitative estimate of drug-likeness (QED) is 0.489. The fourth-order valence-corrected chi connectivity index (χ4v) is 4.13. The molecule has 0 atom stereocenters. The summed E-state index contributed by atoms with van der Waals surface area (Å²) in [6.45, 7) is 4.23. The van der Waals surface area contributed by atoms with Gasteiger partial charge in [-0.2, -0.15) is 0 Å². The fourth-order valence-electron chi connectivity index (χ4n) is 3.28. The van der Waals surface area contributed by atoms with E-state index in [2.05, 4.69) is 78.5 Å². The third kappa shape index (κ3) is 1.80. The van der Waals surface area contributed by atoms with Gasteiger partial charge < -0.3 is 0 Å². The van der Waals surface area contributed by atoms with Crippen LogP contribution in [0.25, 0.3) is 32.6 Å². The van der Waals surface area contributed by atoms with Crippen LogP contribution in [0.15, 0.2) is 36.4 Å². The lowest BCUT2D eigenvalue weighted by atomic mass is 10.1. The normalized spacial score (nSPS) is 11.6. The molecule has 4 heteroatoms. The second kappa shape index (κ2) is 4.65. The molecule has 0 bridgehead atoms. The van der Waals surface area contributed by atoms with Crippen LogP contribution in [-0.4, -0.2) is 9.55 Å². The van der Waals surface area contributed by atoms with E-state index in [-0.39, 0.29) is 0 Å². The van der Waals surface area contributed by atoms with Gasteiger partial charge in [0.2, 0.25) is 0 Å². The number of aromatic nitrogens is 3. The van der Waals surface area contributed by atoms with Crippen molar-refractivity contribution in [3.8, 4) is 11.4 Å². The van der Waals surface area contributed by atoms with Crippen LogP contribution < -0.4 is 4.57 Å². The molecular formula is C18H18N3S+. The summed E-state index contributed by atoms with van der Waals surface area (Å²) in [7, 11) is 4.28. The summed E-state index contributed by atoms with van der Waals surface area (Å²) >= 11 is 1.76. The summed E-state index contributed by atoms with van der Waals surface area (Å²) in [5.74, 6) is 1.23. The van der Waals surface area contributed by atoms with Gasteiger partial charge in [-0.25, -0.2) is 14.1 Å². The first-order chi connectivity index (χ1) is 10.6. The van der Waals surface area contributed by atoms with Gasteiger partial charge >= 0.3 is 0 Å². The van der Waals surface area contributed by atoms with Crippen molar-refractivity contribution in [3.63, 3.8) is 0 Å². The minimum atomic E-state index is 1.10. The number of benzene rings is 2. The maximum absolute atomic E-state index is 4.60. The Morgan fingerprint density at radius 2 is 1.91 bits per heavy atom. The number of rotatable bonds is 1. The average Bonchev–Trinajstić information content (AvgIpc) is 2.97. The lowest BCUT2D eigenvalue weighted by molar-refractivity contribution is -0.634. The van der Waals surface area contributed by atoms with Gasteiger partial charge in [0, 0.05) is 0 Å². The van der Waals surface area contributed by atoms with Crippen LogP contribution >= 0.6 is 11.3 Å². The molecule has 0 radical (unpaired) electrons. The second-order valence-corrected chi connectivity index (χ2v) is 7.03. The molecule has 0 N–H and O–H groups in total. The van der Waals surface area contributed by atoms with E-state index in [0.717, 1.165) is 10.5 Å². The molecule has 110 valence electrons. The first kappa shape index (κ1) is 13.5. The van der Waals surface area contributed by atoms with Crippen LogP contribution in [0.4, 0.5) is 0 Å². The maximum Gasteiger partial charge on any atom is 0.289 e. The third-order valence-electron chi connectivity index (χ3n) is 4.32. The highest BCUT2D eigenvalue weighted by molar-refractivity contribution is 7.18. The van der Waals surface area contributed by atoms with E-state index in [0.29, 0.717) is 0 Å². The molecule has 0 aliphatic rings. The largest absolute Gasteiger partial charge is 0.289 e. The molecule has 4 aromatic rings. The van der Waals surface area contributed by atoms with Crippen LogP contribution in [0.2, 0.25) is 0 Å². The zero-order chi connectivity index (χ0) is 15.4. The predicted molar refractivity (Wildman–Crippen MR) is 92.2 cm³/mol. The molecule has 0 amide bonds. The molecule has 2 aromatic carbocycles. The smallest absolute Gasteiger partial charge is 0.242 e. The fraction of sp³-hybridized carbons (Fsp3) is 0.222. The van der Waals surface area contributed by atoms with Gasteiger partial charge in [-0.1, -0.05) is 12.1 Å². The highest BCUT2D eigenvalue weighted by atomic mass is 32.1. The maximum atomic E-state index is 4.60. The predicted octanol–water partition coefficient (Wildman–Crippen LogP) is 3.90. The zero-order valence-corrected chi connectivity index (χ0v) is 14.0. The molecule has 0 unspecified atom stereocenters. The number of aryl methyl sites for hydroxylation is 4.